The second-order valence-electron chi connectivity index (χ2n) is 4.38. The minimum atomic E-state index is -0.152. The van der Waals surface area contributed by atoms with E-state index in [0.717, 1.165) is 27.1 Å². The van der Waals surface area contributed by atoms with Crippen molar-refractivity contribution >= 4 is 38.6 Å². The van der Waals surface area contributed by atoms with Gasteiger partial charge in [0.2, 0.25) is 0 Å². The molecule has 0 aliphatic heterocycles. The van der Waals surface area contributed by atoms with E-state index in [1.54, 1.807) is 6.26 Å². The zero-order chi connectivity index (χ0) is 13.4. The minimum Gasteiger partial charge on any atom is -0.467 e. The van der Waals surface area contributed by atoms with Crippen molar-refractivity contribution < 1.29 is 4.42 Å². The van der Waals surface area contributed by atoms with Crippen LogP contribution >= 0.6 is 27.5 Å². The summed E-state index contributed by atoms with van der Waals surface area (Å²) in [4.78, 5) is 4.60. The molecule has 0 saturated carbocycles. The lowest BCUT2D eigenvalue weighted by Gasteiger charge is -2.08. The molecule has 2 heterocycles. The topological polar surface area (TPSA) is 31.0 Å². The summed E-state index contributed by atoms with van der Waals surface area (Å²) in [6, 6.07) is 9.85. The molecular formula is C14H12BrClN2O. The van der Waals surface area contributed by atoms with E-state index in [-0.39, 0.29) is 5.38 Å². The molecule has 0 spiro atoms. The van der Waals surface area contributed by atoms with Crippen molar-refractivity contribution in [3.63, 3.8) is 0 Å². The highest BCUT2D eigenvalue weighted by Crippen LogP contribution is 2.27. The number of imidazole rings is 1. The Morgan fingerprint density at radius 3 is 2.95 bits per heavy atom. The van der Waals surface area contributed by atoms with Gasteiger partial charge >= 0.3 is 0 Å². The third kappa shape index (κ3) is 2.42. The zero-order valence-corrected chi connectivity index (χ0v) is 12.6. The Morgan fingerprint density at radius 2 is 2.26 bits per heavy atom. The summed E-state index contributed by atoms with van der Waals surface area (Å²) < 4.78 is 8.53. The molecule has 0 radical (unpaired) electrons. The van der Waals surface area contributed by atoms with Gasteiger partial charge in [-0.25, -0.2) is 4.98 Å². The van der Waals surface area contributed by atoms with Gasteiger partial charge < -0.3 is 8.98 Å². The summed E-state index contributed by atoms with van der Waals surface area (Å²) in [6.07, 6.45) is 1.67. The van der Waals surface area contributed by atoms with Crippen LogP contribution in [0.25, 0.3) is 11.0 Å². The third-order valence-corrected chi connectivity index (χ3v) is 3.68. The van der Waals surface area contributed by atoms with Gasteiger partial charge in [0.05, 0.1) is 29.2 Å². The van der Waals surface area contributed by atoms with E-state index in [1.807, 2.05) is 37.3 Å². The average molecular weight is 340 g/mol. The number of fused-ring (bicyclic) bond motifs is 1. The molecule has 98 valence electrons. The molecule has 0 aliphatic rings. The highest BCUT2D eigenvalue weighted by atomic mass is 79.9. The lowest BCUT2D eigenvalue weighted by atomic mass is 10.3. The maximum absolute atomic E-state index is 6.23. The number of alkyl halides is 1. The van der Waals surface area contributed by atoms with Crippen LogP contribution in [0.5, 0.6) is 0 Å². The van der Waals surface area contributed by atoms with Gasteiger partial charge in [-0.15, -0.1) is 11.6 Å². The Bertz CT molecular complexity index is 704. The molecule has 0 bridgehead atoms. The molecule has 3 nitrogen and oxygen atoms in total. The lowest BCUT2D eigenvalue weighted by Crippen LogP contribution is -2.05. The molecule has 0 fully saturated rings. The highest BCUT2D eigenvalue weighted by Gasteiger charge is 2.16. The number of halogens is 2. The molecule has 5 heteroatoms. The van der Waals surface area contributed by atoms with Crippen LogP contribution in [0.4, 0.5) is 0 Å². The van der Waals surface area contributed by atoms with Crippen molar-refractivity contribution in [3.05, 3.63) is 52.7 Å². The van der Waals surface area contributed by atoms with Crippen LogP contribution in [-0.4, -0.2) is 9.55 Å². The molecule has 1 atom stereocenters. The first-order valence-electron chi connectivity index (χ1n) is 5.97. The van der Waals surface area contributed by atoms with Crippen molar-refractivity contribution in [2.45, 2.75) is 18.8 Å². The molecule has 3 aromatic rings. The van der Waals surface area contributed by atoms with E-state index in [0.29, 0.717) is 6.54 Å². The summed E-state index contributed by atoms with van der Waals surface area (Å²) in [6.45, 7) is 2.56. The molecule has 3 rings (SSSR count). The van der Waals surface area contributed by atoms with Crippen molar-refractivity contribution in [2.24, 2.45) is 0 Å². The minimum absolute atomic E-state index is 0.152. The van der Waals surface area contributed by atoms with Crippen LogP contribution < -0.4 is 0 Å². The SMILES string of the molecule is CC(Cl)c1nc2ccc(Br)cc2n1Cc1ccco1. The number of nitrogens with zero attached hydrogens (tertiary/aromatic N) is 2. The van der Waals surface area contributed by atoms with Gasteiger partial charge in [-0.2, -0.15) is 0 Å². The van der Waals surface area contributed by atoms with Crippen LogP contribution in [0.3, 0.4) is 0 Å². The first kappa shape index (κ1) is 12.8. The van der Waals surface area contributed by atoms with Crippen molar-refractivity contribution in [1.29, 1.82) is 0 Å². The van der Waals surface area contributed by atoms with Crippen LogP contribution in [0.15, 0.2) is 45.5 Å². The zero-order valence-electron chi connectivity index (χ0n) is 10.3. The number of hydrogen-bond donors (Lipinski definition) is 0. The maximum atomic E-state index is 6.23. The summed E-state index contributed by atoms with van der Waals surface area (Å²) in [5.74, 6) is 1.74. The molecule has 1 aromatic carbocycles. The van der Waals surface area contributed by atoms with Gasteiger partial charge in [0.1, 0.15) is 11.6 Å². The number of benzene rings is 1. The molecular weight excluding hydrogens is 328 g/mol. The summed E-state index contributed by atoms with van der Waals surface area (Å²) in [7, 11) is 0. The Labute approximate surface area is 124 Å². The molecule has 0 N–H and O–H groups in total. The Balaban J connectivity index is 2.18. The molecule has 2 aromatic heterocycles. The van der Waals surface area contributed by atoms with Gasteiger partial charge in [0, 0.05) is 4.47 Å². The summed E-state index contributed by atoms with van der Waals surface area (Å²) in [5, 5.41) is -0.152. The van der Waals surface area contributed by atoms with E-state index >= 15 is 0 Å². The van der Waals surface area contributed by atoms with Crippen LogP contribution in [0.2, 0.25) is 0 Å². The number of furan rings is 1. The molecule has 0 aliphatic carbocycles. The predicted octanol–water partition coefficient (Wildman–Crippen LogP) is 4.74. The Kier molecular flexibility index (Phi) is 3.37. The van der Waals surface area contributed by atoms with Crippen LogP contribution in [-0.2, 0) is 6.54 Å². The van der Waals surface area contributed by atoms with E-state index in [2.05, 4.69) is 25.5 Å². The van der Waals surface area contributed by atoms with E-state index < -0.39 is 0 Å². The molecule has 0 amide bonds. The first-order valence-corrected chi connectivity index (χ1v) is 7.20. The molecule has 19 heavy (non-hydrogen) atoms. The largest absolute Gasteiger partial charge is 0.467 e. The smallest absolute Gasteiger partial charge is 0.128 e. The quantitative estimate of drug-likeness (QED) is 0.645. The van der Waals surface area contributed by atoms with Gasteiger partial charge in [-0.1, -0.05) is 15.9 Å². The fourth-order valence-corrected chi connectivity index (χ4v) is 2.66. The van der Waals surface area contributed by atoms with E-state index in [1.165, 1.54) is 0 Å². The van der Waals surface area contributed by atoms with E-state index in [4.69, 9.17) is 16.0 Å². The highest BCUT2D eigenvalue weighted by molar-refractivity contribution is 9.10. The van der Waals surface area contributed by atoms with E-state index in [9.17, 15) is 0 Å². The Hall–Kier alpha value is -1.26. The lowest BCUT2D eigenvalue weighted by molar-refractivity contribution is 0.492. The summed E-state index contributed by atoms with van der Waals surface area (Å²) >= 11 is 9.73. The molecule has 1 unspecified atom stereocenters. The maximum Gasteiger partial charge on any atom is 0.128 e. The Morgan fingerprint density at radius 1 is 1.42 bits per heavy atom. The second-order valence-corrected chi connectivity index (χ2v) is 5.95. The fourth-order valence-electron chi connectivity index (χ4n) is 2.14. The van der Waals surface area contributed by atoms with Gasteiger partial charge in [-0.3, -0.25) is 0 Å². The van der Waals surface area contributed by atoms with Gasteiger partial charge in [0.15, 0.2) is 0 Å². The van der Waals surface area contributed by atoms with Crippen LogP contribution in [0.1, 0.15) is 23.9 Å². The normalized spacial score (nSPS) is 13.0. The van der Waals surface area contributed by atoms with Crippen molar-refractivity contribution in [3.8, 4) is 0 Å². The first-order chi connectivity index (χ1) is 9.15. The van der Waals surface area contributed by atoms with Crippen molar-refractivity contribution in [2.75, 3.05) is 0 Å². The van der Waals surface area contributed by atoms with Crippen LogP contribution in [0, 0.1) is 0 Å². The second kappa shape index (κ2) is 5.02. The van der Waals surface area contributed by atoms with Gasteiger partial charge in [0.25, 0.3) is 0 Å². The number of rotatable bonds is 3. The predicted molar refractivity (Wildman–Crippen MR) is 79.5 cm³/mol. The van der Waals surface area contributed by atoms with Gasteiger partial charge in [-0.05, 0) is 37.3 Å². The number of hydrogen-bond acceptors (Lipinski definition) is 2. The standard InChI is InChI=1S/C14H12BrClN2O/c1-9(16)14-17-12-5-4-10(15)7-13(12)18(14)8-11-3-2-6-19-11/h2-7,9H,8H2,1H3. The van der Waals surface area contributed by atoms with Crippen molar-refractivity contribution in [1.82, 2.24) is 9.55 Å². The number of aromatic nitrogens is 2. The molecule has 0 saturated heterocycles. The fraction of sp³-hybridized carbons (Fsp3) is 0.214. The summed E-state index contributed by atoms with van der Waals surface area (Å²) in [5.41, 5.74) is 1.99. The average Bonchev–Trinajstić information content (AvgIpc) is 2.98. The third-order valence-electron chi connectivity index (χ3n) is 2.99. The monoisotopic (exact) mass is 338 g/mol.